The number of likely N-dealkylation sites (tertiary alicyclic amines) is 1. The van der Waals surface area contributed by atoms with Gasteiger partial charge in [0.15, 0.2) is 0 Å². The van der Waals surface area contributed by atoms with E-state index in [9.17, 15) is 4.79 Å². The molecule has 1 amide bonds. The third-order valence-electron chi connectivity index (χ3n) is 5.17. The summed E-state index contributed by atoms with van der Waals surface area (Å²) in [6.07, 6.45) is 9.67. The molecule has 0 spiro atoms. The fourth-order valence-electron chi connectivity index (χ4n) is 3.82. The normalized spacial score (nSPS) is 22.4. The first-order valence-corrected chi connectivity index (χ1v) is 9.57. The first-order valence-electron chi connectivity index (χ1n) is 8.69. The summed E-state index contributed by atoms with van der Waals surface area (Å²) in [4.78, 5) is 18.5. The Morgan fingerprint density at radius 3 is 2.92 bits per heavy atom. The number of nitrogens with two attached hydrogens (primary N) is 1. The second-order valence-corrected chi connectivity index (χ2v) is 7.80. The Kier molecular flexibility index (Phi) is 4.37. The van der Waals surface area contributed by atoms with Gasteiger partial charge in [-0.1, -0.05) is 12.8 Å². The Morgan fingerprint density at radius 1 is 1.33 bits per heavy atom. The van der Waals surface area contributed by atoms with Crippen LogP contribution >= 0.6 is 11.3 Å². The quantitative estimate of drug-likeness (QED) is 0.903. The van der Waals surface area contributed by atoms with Crippen molar-refractivity contribution in [3.8, 4) is 0 Å². The van der Waals surface area contributed by atoms with Gasteiger partial charge in [0.2, 0.25) is 0 Å². The molecule has 1 aliphatic heterocycles. The number of thiazole rings is 1. The molecule has 128 valence electrons. The van der Waals surface area contributed by atoms with Gasteiger partial charge >= 0.3 is 0 Å². The molecule has 7 heteroatoms. The zero-order valence-electron chi connectivity index (χ0n) is 13.7. The molecule has 1 aliphatic carbocycles. The summed E-state index contributed by atoms with van der Waals surface area (Å²) in [6.45, 7) is 2.88. The molecule has 2 N–H and O–H groups in total. The van der Waals surface area contributed by atoms with Gasteiger partial charge in [-0.3, -0.25) is 14.4 Å². The third kappa shape index (κ3) is 3.23. The van der Waals surface area contributed by atoms with E-state index in [0.29, 0.717) is 17.5 Å². The van der Waals surface area contributed by atoms with Gasteiger partial charge in [-0.2, -0.15) is 5.10 Å². The van der Waals surface area contributed by atoms with E-state index in [0.717, 1.165) is 26.1 Å². The second-order valence-electron chi connectivity index (χ2n) is 6.91. The SMILES string of the molecule is NC(=O)c1cnn(C2CCN(Cc3csc(C4CCCC4)n3)C2)c1. The fraction of sp³-hybridized carbons (Fsp3) is 0.588. The number of amides is 1. The van der Waals surface area contributed by atoms with Gasteiger partial charge < -0.3 is 5.73 Å². The van der Waals surface area contributed by atoms with E-state index in [2.05, 4.69) is 15.4 Å². The van der Waals surface area contributed by atoms with Crippen LogP contribution in [0.5, 0.6) is 0 Å². The topological polar surface area (TPSA) is 77.0 Å². The van der Waals surface area contributed by atoms with Gasteiger partial charge in [0, 0.05) is 37.1 Å². The van der Waals surface area contributed by atoms with Crippen LogP contribution in [0.25, 0.3) is 0 Å². The van der Waals surface area contributed by atoms with E-state index in [1.165, 1.54) is 36.4 Å². The molecule has 1 unspecified atom stereocenters. The number of nitrogens with zero attached hydrogens (tertiary/aromatic N) is 4. The number of aromatic nitrogens is 3. The monoisotopic (exact) mass is 345 g/mol. The molecular formula is C17H23N5OS. The van der Waals surface area contributed by atoms with Crippen molar-refractivity contribution in [2.75, 3.05) is 13.1 Å². The Bertz CT molecular complexity index is 718. The molecule has 2 aliphatic rings. The minimum Gasteiger partial charge on any atom is -0.366 e. The number of rotatable bonds is 5. The minimum atomic E-state index is -0.419. The van der Waals surface area contributed by atoms with Crippen molar-refractivity contribution in [1.29, 1.82) is 0 Å². The predicted molar refractivity (Wildman–Crippen MR) is 93.0 cm³/mol. The molecule has 1 saturated carbocycles. The maximum absolute atomic E-state index is 11.2. The molecule has 4 rings (SSSR count). The number of carbonyl (C=O) groups is 1. The highest BCUT2D eigenvalue weighted by molar-refractivity contribution is 7.09. The van der Waals surface area contributed by atoms with Crippen LogP contribution in [-0.4, -0.2) is 38.7 Å². The zero-order chi connectivity index (χ0) is 16.5. The lowest BCUT2D eigenvalue weighted by atomic mass is 10.1. The summed E-state index contributed by atoms with van der Waals surface area (Å²) in [5.41, 5.74) is 6.98. The summed E-state index contributed by atoms with van der Waals surface area (Å²) in [6, 6.07) is 0.311. The summed E-state index contributed by atoms with van der Waals surface area (Å²) < 4.78 is 1.88. The lowest BCUT2D eigenvalue weighted by Gasteiger charge is -2.14. The first kappa shape index (κ1) is 15.8. The highest BCUT2D eigenvalue weighted by Crippen LogP contribution is 2.35. The van der Waals surface area contributed by atoms with Crippen molar-refractivity contribution in [3.63, 3.8) is 0 Å². The maximum Gasteiger partial charge on any atom is 0.251 e. The average molecular weight is 345 g/mol. The van der Waals surface area contributed by atoms with E-state index in [4.69, 9.17) is 10.7 Å². The Labute approximate surface area is 145 Å². The van der Waals surface area contributed by atoms with Crippen molar-refractivity contribution < 1.29 is 4.79 Å². The lowest BCUT2D eigenvalue weighted by Crippen LogP contribution is -2.21. The standard InChI is InChI=1S/C17H23N5OS/c18-16(23)13-7-19-22(8-13)15-5-6-21(10-15)9-14-11-24-17(20-14)12-3-1-2-4-12/h7-8,11-12,15H,1-6,9-10H2,(H2,18,23). The summed E-state index contributed by atoms with van der Waals surface area (Å²) in [7, 11) is 0. The van der Waals surface area contributed by atoms with Crippen molar-refractivity contribution in [2.45, 2.75) is 50.6 Å². The van der Waals surface area contributed by atoms with E-state index >= 15 is 0 Å². The van der Waals surface area contributed by atoms with Crippen molar-refractivity contribution in [3.05, 3.63) is 34.0 Å². The van der Waals surface area contributed by atoms with Crippen LogP contribution in [0.15, 0.2) is 17.8 Å². The number of hydrogen-bond acceptors (Lipinski definition) is 5. The summed E-state index contributed by atoms with van der Waals surface area (Å²) in [5.74, 6) is 0.282. The van der Waals surface area contributed by atoms with Crippen LogP contribution in [0.3, 0.4) is 0 Å². The molecule has 2 fully saturated rings. The molecule has 2 aromatic heterocycles. The van der Waals surface area contributed by atoms with Crippen LogP contribution < -0.4 is 5.73 Å². The van der Waals surface area contributed by atoms with E-state index in [-0.39, 0.29) is 0 Å². The Hall–Kier alpha value is -1.73. The van der Waals surface area contributed by atoms with Gasteiger partial charge in [0.05, 0.1) is 28.5 Å². The van der Waals surface area contributed by atoms with Crippen LogP contribution in [-0.2, 0) is 6.54 Å². The smallest absolute Gasteiger partial charge is 0.251 e. The molecule has 0 aromatic carbocycles. The zero-order valence-corrected chi connectivity index (χ0v) is 14.5. The molecular weight excluding hydrogens is 322 g/mol. The van der Waals surface area contributed by atoms with Crippen LogP contribution in [0.2, 0.25) is 0 Å². The maximum atomic E-state index is 11.2. The predicted octanol–water partition coefficient (Wildman–Crippen LogP) is 2.54. The van der Waals surface area contributed by atoms with Gasteiger partial charge in [0.25, 0.3) is 5.91 Å². The summed E-state index contributed by atoms with van der Waals surface area (Å²) in [5, 5.41) is 7.85. The average Bonchev–Trinajstić information content (AvgIpc) is 3.35. The molecule has 0 bridgehead atoms. The molecule has 3 heterocycles. The number of hydrogen-bond donors (Lipinski definition) is 1. The third-order valence-corrected chi connectivity index (χ3v) is 6.22. The van der Waals surface area contributed by atoms with Crippen molar-refractivity contribution in [1.82, 2.24) is 19.7 Å². The molecule has 24 heavy (non-hydrogen) atoms. The van der Waals surface area contributed by atoms with Crippen molar-refractivity contribution in [2.24, 2.45) is 5.73 Å². The minimum absolute atomic E-state index is 0.311. The molecule has 1 saturated heterocycles. The van der Waals surface area contributed by atoms with E-state index in [1.807, 2.05) is 16.0 Å². The van der Waals surface area contributed by atoms with Crippen LogP contribution in [0, 0.1) is 0 Å². The van der Waals surface area contributed by atoms with Gasteiger partial charge in [-0.25, -0.2) is 4.98 Å². The van der Waals surface area contributed by atoms with E-state index < -0.39 is 5.91 Å². The fourth-order valence-corrected chi connectivity index (χ4v) is 4.80. The highest BCUT2D eigenvalue weighted by atomic mass is 32.1. The number of carbonyl (C=O) groups excluding carboxylic acids is 1. The lowest BCUT2D eigenvalue weighted by molar-refractivity contribution is 0.1000. The number of primary amides is 1. The van der Waals surface area contributed by atoms with Gasteiger partial charge in [0.1, 0.15) is 0 Å². The Balaban J connectivity index is 1.35. The molecule has 0 radical (unpaired) electrons. The van der Waals surface area contributed by atoms with Gasteiger partial charge in [-0.05, 0) is 19.3 Å². The Morgan fingerprint density at radius 2 is 2.17 bits per heavy atom. The second kappa shape index (κ2) is 6.64. The molecule has 6 nitrogen and oxygen atoms in total. The van der Waals surface area contributed by atoms with Crippen LogP contribution in [0.4, 0.5) is 0 Å². The van der Waals surface area contributed by atoms with Gasteiger partial charge in [-0.15, -0.1) is 11.3 Å². The van der Waals surface area contributed by atoms with E-state index in [1.54, 1.807) is 12.4 Å². The molecule has 2 aromatic rings. The molecule has 1 atom stereocenters. The largest absolute Gasteiger partial charge is 0.366 e. The van der Waals surface area contributed by atoms with Crippen molar-refractivity contribution >= 4 is 17.2 Å². The first-order chi connectivity index (χ1) is 11.7. The summed E-state index contributed by atoms with van der Waals surface area (Å²) >= 11 is 1.83. The highest BCUT2D eigenvalue weighted by Gasteiger charge is 2.26. The van der Waals surface area contributed by atoms with Crippen LogP contribution in [0.1, 0.15) is 65.1 Å².